The first-order chi connectivity index (χ1) is 23.0. The van der Waals surface area contributed by atoms with Crippen LogP contribution in [0, 0.1) is 0 Å². The van der Waals surface area contributed by atoms with Gasteiger partial charge in [0.05, 0.1) is 0 Å². The third kappa shape index (κ3) is 4.52. The second-order valence-corrected chi connectivity index (χ2v) is 12.8. The summed E-state index contributed by atoms with van der Waals surface area (Å²) in [5, 5.41) is 4.89. The van der Waals surface area contributed by atoms with Gasteiger partial charge in [-0.25, -0.2) is 15.0 Å². The normalized spacial score (nSPS) is 13.1. The highest BCUT2D eigenvalue weighted by Gasteiger charge is 2.35. The second-order valence-electron chi connectivity index (χ2n) is 12.8. The Labute approximate surface area is 273 Å². The van der Waals surface area contributed by atoms with E-state index < -0.39 is 0 Å². The van der Waals surface area contributed by atoms with Crippen LogP contribution < -0.4 is 0 Å². The predicted octanol–water partition coefficient (Wildman–Crippen LogP) is 10.5. The van der Waals surface area contributed by atoms with Crippen molar-refractivity contribution in [2.45, 2.75) is 19.3 Å². The van der Waals surface area contributed by atoms with E-state index in [1.807, 2.05) is 48.7 Å². The average molecular weight is 603 g/mol. The largest absolute Gasteiger partial charge is 0.264 e. The minimum atomic E-state index is -0.0245. The molecule has 0 saturated carbocycles. The molecule has 4 heteroatoms. The number of nitrogens with zero attached hydrogens (tertiary/aromatic N) is 4. The van der Waals surface area contributed by atoms with Crippen molar-refractivity contribution in [1.29, 1.82) is 0 Å². The first kappa shape index (κ1) is 27.3. The van der Waals surface area contributed by atoms with Gasteiger partial charge in [-0.05, 0) is 79.7 Å². The molecule has 4 nitrogen and oxygen atoms in total. The van der Waals surface area contributed by atoms with Crippen LogP contribution >= 0.6 is 0 Å². The molecule has 0 amide bonds. The third-order valence-corrected chi connectivity index (χ3v) is 9.58. The van der Waals surface area contributed by atoms with Gasteiger partial charge in [0, 0.05) is 40.1 Å². The quantitative estimate of drug-likeness (QED) is 0.188. The molecule has 222 valence electrons. The van der Waals surface area contributed by atoms with Crippen molar-refractivity contribution in [3.05, 3.63) is 157 Å². The van der Waals surface area contributed by atoms with E-state index in [0.29, 0.717) is 17.5 Å². The molecule has 0 aliphatic heterocycles. The first-order valence-corrected chi connectivity index (χ1v) is 16.0. The van der Waals surface area contributed by atoms with Crippen molar-refractivity contribution in [2.24, 2.45) is 0 Å². The molecule has 0 bridgehead atoms. The smallest absolute Gasteiger partial charge is 0.164 e. The highest BCUT2D eigenvalue weighted by atomic mass is 15.0. The Hall–Kier alpha value is -6.00. The molecule has 0 radical (unpaired) electrons. The third-order valence-electron chi connectivity index (χ3n) is 9.58. The SMILES string of the molecule is CC1(C)c2ccccc2-c2cc3c(ccc4cc(-c5nc(-c6ccccc6)nc(-c6cccc(-c7cccnc7)c6)n5)ccc43)cc21. The lowest BCUT2D eigenvalue weighted by Crippen LogP contribution is -2.14. The highest BCUT2D eigenvalue weighted by Crippen LogP contribution is 2.50. The van der Waals surface area contributed by atoms with Gasteiger partial charge >= 0.3 is 0 Å². The number of hydrogen-bond donors (Lipinski definition) is 0. The summed E-state index contributed by atoms with van der Waals surface area (Å²) in [6.07, 6.45) is 3.66. The molecule has 8 aromatic rings. The van der Waals surface area contributed by atoms with Crippen molar-refractivity contribution >= 4 is 21.5 Å². The Morgan fingerprint density at radius 2 is 1.09 bits per heavy atom. The van der Waals surface area contributed by atoms with E-state index >= 15 is 0 Å². The van der Waals surface area contributed by atoms with Crippen LogP contribution in [0.3, 0.4) is 0 Å². The maximum absolute atomic E-state index is 5.05. The van der Waals surface area contributed by atoms with Gasteiger partial charge in [-0.15, -0.1) is 0 Å². The molecule has 0 unspecified atom stereocenters. The lowest BCUT2D eigenvalue weighted by Gasteiger charge is -2.21. The number of rotatable bonds is 4. The van der Waals surface area contributed by atoms with Gasteiger partial charge in [-0.1, -0.05) is 117 Å². The molecule has 0 spiro atoms. The van der Waals surface area contributed by atoms with Gasteiger partial charge in [0.15, 0.2) is 17.5 Å². The fraction of sp³-hybridized carbons (Fsp3) is 0.0698. The Morgan fingerprint density at radius 1 is 0.426 bits per heavy atom. The fourth-order valence-corrected chi connectivity index (χ4v) is 7.12. The topological polar surface area (TPSA) is 51.6 Å². The zero-order chi connectivity index (χ0) is 31.5. The van der Waals surface area contributed by atoms with Crippen molar-refractivity contribution in [2.75, 3.05) is 0 Å². The van der Waals surface area contributed by atoms with Gasteiger partial charge in [-0.3, -0.25) is 4.98 Å². The van der Waals surface area contributed by atoms with Crippen molar-refractivity contribution in [1.82, 2.24) is 19.9 Å². The molecule has 6 aromatic carbocycles. The molecule has 0 atom stereocenters. The number of hydrogen-bond acceptors (Lipinski definition) is 4. The lowest BCUT2D eigenvalue weighted by molar-refractivity contribution is 0.661. The van der Waals surface area contributed by atoms with Gasteiger partial charge in [0.2, 0.25) is 0 Å². The Morgan fingerprint density at radius 3 is 1.87 bits per heavy atom. The molecule has 2 aromatic heterocycles. The molecule has 1 aliphatic rings. The van der Waals surface area contributed by atoms with E-state index in [0.717, 1.165) is 33.2 Å². The molecule has 0 saturated heterocycles. The number of benzene rings is 6. The fourth-order valence-electron chi connectivity index (χ4n) is 7.12. The summed E-state index contributed by atoms with van der Waals surface area (Å²) in [5.41, 5.74) is 10.4. The van der Waals surface area contributed by atoms with Gasteiger partial charge < -0.3 is 0 Å². The zero-order valence-corrected chi connectivity index (χ0v) is 26.1. The molecular weight excluding hydrogens is 573 g/mol. The maximum atomic E-state index is 5.05. The highest BCUT2D eigenvalue weighted by molar-refractivity contribution is 6.10. The van der Waals surface area contributed by atoms with Crippen LogP contribution in [0.15, 0.2) is 146 Å². The molecular formula is C43H30N4. The van der Waals surface area contributed by atoms with Gasteiger partial charge in [0.25, 0.3) is 0 Å². The van der Waals surface area contributed by atoms with Crippen molar-refractivity contribution in [3.63, 3.8) is 0 Å². The summed E-state index contributed by atoms with van der Waals surface area (Å²) < 4.78 is 0. The Bertz CT molecular complexity index is 2480. The summed E-state index contributed by atoms with van der Waals surface area (Å²) in [7, 11) is 0. The molecule has 47 heavy (non-hydrogen) atoms. The van der Waals surface area contributed by atoms with Gasteiger partial charge in [-0.2, -0.15) is 0 Å². The number of aromatic nitrogens is 4. The van der Waals surface area contributed by atoms with Crippen LogP contribution in [0.5, 0.6) is 0 Å². The molecule has 2 heterocycles. The van der Waals surface area contributed by atoms with E-state index in [2.05, 4.69) is 110 Å². The lowest BCUT2D eigenvalue weighted by atomic mass is 9.81. The number of pyridine rings is 1. The van der Waals surface area contributed by atoms with Gasteiger partial charge in [0.1, 0.15) is 0 Å². The second kappa shape index (κ2) is 10.5. The van der Waals surface area contributed by atoms with Crippen LogP contribution in [0.2, 0.25) is 0 Å². The summed E-state index contributed by atoms with van der Waals surface area (Å²) in [5.74, 6) is 1.93. The van der Waals surface area contributed by atoms with Crippen LogP contribution in [-0.4, -0.2) is 19.9 Å². The zero-order valence-electron chi connectivity index (χ0n) is 26.1. The van der Waals surface area contributed by atoms with Crippen molar-refractivity contribution < 1.29 is 0 Å². The van der Waals surface area contributed by atoms with E-state index in [9.17, 15) is 0 Å². The van der Waals surface area contributed by atoms with Crippen LogP contribution in [0.1, 0.15) is 25.0 Å². The molecule has 0 fully saturated rings. The summed E-state index contributed by atoms with van der Waals surface area (Å²) in [6, 6.07) is 47.1. The van der Waals surface area contributed by atoms with Crippen LogP contribution in [0.4, 0.5) is 0 Å². The Balaban J connectivity index is 1.19. The van der Waals surface area contributed by atoms with E-state index in [-0.39, 0.29) is 5.41 Å². The van der Waals surface area contributed by atoms with Crippen LogP contribution in [-0.2, 0) is 5.41 Å². The minimum Gasteiger partial charge on any atom is -0.264 e. The molecule has 1 aliphatic carbocycles. The summed E-state index contributed by atoms with van der Waals surface area (Å²) in [4.78, 5) is 19.3. The van der Waals surface area contributed by atoms with E-state index in [1.54, 1.807) is 6.20 Å². The van der Waals surface area contributed by atoms with E-state index in [1.165, 1.54) is 38.4 Å². The maximum Gasteiger partial charge on any atom is 0.164 e. The Kier molecular flexibility index (Phi) is 6.12. The standard InChI is InChI=1S/C43H30N4/c1-43(2)38-16-7-6-15-35(38)37-25-36-30(24-39(37)43)18-17-29-23-32(19-20-34(29)36)42-46-40(27-10-4-3-5-11-27)45-41(47-42)31-13-8-12-28(22-31)33-14-9-21-44-26-33/h3-26H,1-2H3. The molecule has 0 N–H and O–H groups in total. The molecule has 9 rings (SSSR count). The average Bonchev–Trinajstić information content (AvgIpc) is 3.36. The van der Waals surface area contributed by atoms with E-state index in [4.69, 9.17) is 15.0 Å². The summed E-state index contributed by atoms with van der Waals surface area (Å²) >= 11 is 0. The van der Waals surface area contributed by atoms with Crippen LogP contribution in [0.25, 0.3) is 78.0 Å². The summed E-state index contributed by atoms with van der Waals surface area (Å²) in [6.45, 7) is 4.66. The first-order valence-electron chi connectivity index (χ1n) is 16.0. The van der Waals surface area contributed by atoms with Crippen molar-refractivity contribution in [3.8, 4) is 56.4 Å². The number of fused-ring (bicyclic) bond motifs is 6. The predicted molar refractivity (Wildman–Crippen MR) is 192 cm³/mol. The minimum absolute atomic E-state index is 0.0245. The monoisotopic (exact) mass is 602 g/mol.